The number of aromatic amines is 1. The number of carbonyl (C=O) groups is 1. The highest BCUT2D eigenvalue weighted by molar-refractivity contribution is 5.98. The predicted octanol–water partition coefficient (Wildman–Crippen LogP) is 1.27. The van der Waals surface area contributed by atoms with Crippen LogP contribution < -0.4 is 0 Å². The topological polar surface area (TPSA) is 56.3 Å². The molecule has 2 rings (SSSR count). The van der Waals surface area contributed by atoms with Gasteiger partial charge in [0.2, 0.25) is 0 Å². The number of carbonyl (C=O) groups excluding carboxylic acids is 1. The van der Waals surface area contributed by atoms with E-state index in [0.29, 0.717) is 6.54 Å². The number of aryl methyl sites for hydroxylation is 2. The number of aliphatic hydroxyl groups is 1. The van der Waals surface area contributed by atoms with Gasteiger partial charge in [-0.3, -0.25) is 9.69 Å². The molecule has 2 heterocycles. The number of H-pyrrole nitrogens is 1. The van der Waals surface area contributed by atoms with Crippen LogP contribution in [0.2, 0.25) is 0 Å². The normalized spacial score (nSPS) is 21.0. The molecule has 1 saturated heterocycles. The van der Waals surface area contributed by atoms with Crippen molar-refractivity contribution in [2.75, 3.05) is 19.7 Å². The molecule has 4 nitrogen and oxygen atoms in total. The summed E-state index contributed by atoms with van der Waals surface area (Å²) in [6.07, 6.45) is 2.07. The van der Waals surface area contributed by atoms with E-state index in [4.69, 9.17) is 0 Å². The minimum atomic E-state index is 0.146. The maximum absolute atomic E-state index is 12.2. The van der Waals surface area contributed by atoms with Gasteiger partial charge in [0.05, 0.1) is 13.2 Å². The van der Waals surface area contributed by atoms with E-state index in [1.807, 2.05) is 19.9 Å². The predicted molar refractivity (Wildman–Crippen MR) is 66.3 cm³/mol. The second-order valence-corrected chi connectivity index (χ2v) is 4.86. The largest absolute Gasteiger partial charge is 0.395 e. The summed E-state index contributed by atoms with van der Waals surface area (Å²) in [5, 5.41) is 9.22. The van der Waals surface area contributed by atoms with Gasteiger partial charge in [-0.2, -0.15) is 0 Å². The van der Waals surface area contributed by atoms with Crippen molar-refractivity contribution in [3.63, 3.8) is 0 Å². The lowest BCUT2D eigenvalue weighted by Crippen LogP contribution is -2.36. The Bertz CT molecular complexity index is 412. The summed E-state index contributed by atoms with van der Waals surface area (Å²) < 4.78 is 0. The van der Waals surface area contributed by atoms with Gasteiger partial charge in [-0.05, 0) is 39.3 Å². The smallest absolute Gasteiger partial charge is 0.178 e. The number of likely N-dealkylation sites (tertiary alicyclic amines) is 1. The summed E-state index contributed by atoms with van der Waals surface area (Å²) in [5.74, 6) is 0.146. The van der Waals surface area contributed by atoms with E-state index in [0.717, 1.165) is 36.3 Å². The summed E-state index contributed by atoms with van der Waals surface area (Å²) in [6, 6.07) is 2.07. The number of rotatable bonds is 4. The first kappa shape index (κ1) is 12.3. The molecule has 94 valence electrons. The Balaban J connectivity index is 2.04. The Hall–Kier alpha value is -1.13. The zero-order chi connectivity index (χ0) is 12.4. The van der Waals surface area contributed by atoms with Crippen molar-refractivity contribution in [2.24, 2.45) is 0 Å². The Morgan fingerprint density at radius 2 is 2.35 bits per heavy atom. The molecule has 1 unspecified atom stereocenters. The monoisotopic (exact) mass is 236 g/mol. The van der Waals surface area contributed by atoms with Gasteiger partial charge in [-0.1, -0.05) is 0 Å². The van der Waals surface area contributed by atoms with E-state index in [9.17, 15) is 9.90 Å². The van der Waals surface area contributed by atoms with Gasteiger partial charge in [0.1, 0.15) is 0 Å². The lowest BCUT2D eigenvalue weighted by molar-refractivity contribution is 0.0887. The van der Waals surface area contributed by atoms with Gasteiger partial charge >= 0.3 is 0 Å². The van der Waals surface area contributed by atoms with Crippen molar-refractivity contribution in [1.29, 1.82) is 0 Å². The quantitative estimate of drug-likeness (QED) is 0.774. The second kappa shape index (κ2) is 5.02. The van der Waals surface area contributed by atoms with E-state index in [2.05, 4.69) is 9.88 Å². The maximum atomic E-state index is 12.2. The lowest BCUT2D eigenvalue weighted by atomic mass is 10.1. The number of hydrogen-bond acceptors (Lipinski definition) is 3. The first-order valence-electron chi connectivity index (χ1n) is 6.16. The van der Waals surface area contributed by atoms with E-state index in [-0.39, 0.29) is 18.4 Å². The van der Waals surface area contributed by atoms with E-state index in [1.54, 1.807) is 0 Å². The third kappa shape index (κ3) is 2.58. The molecular formula is C13H20N2O2. The third-order valence-corrected chi connectivity index (χ3v) is 3.51. The second-order valence-electron chi connectivity index (χ2n) is 4.86. The number of hydrogen-bond donors (Lipinski definition) is 2. The molecule has 0 saturated carbocycles. The molecule has 0 radical (unpaired) electrons. The highest BCUT2D eigenvalue weighted by Crippen LogP contribution is 2.18. The molecule has 0 spiro atoms. The van der Waals surface area contributed by atoms with Gasteiger partial charge in [0.25, 0.3) is 0 Å². The number of aromatic nitrogens is 1. The third-order valence-electron chi connectivity index (χ3n) is 3.51. The zero-order valence-electron chi connectivity index (χ0n) is 10.5. The molecule has 2 N–H and O–H groups in total. The van der Waals surface area contributed by atoms with Crippen molar-refractivity contribution >= 4 is 5.78 Å². The molecule has 1 aromatic rings. The summed E-state index contributed by atoms with van der Waals surface area (Å²) in [5.41, 5.74) is 2.74. The summed E-state index contributed by atoms with van der Waals surface area (Å²) in [6.45, 7) is 5.37. The van der Waals surface area contributed by atoms with Gasteiger partial charge in [-0.25, -0.2) is 0 Å². The van der Waals surface area contributed by atoms with Crippen molar-refractivity contribution in [1.82, 2.24) is 9.88 Å². The van der Waals surface area contributed by atoms with Crippen molar-refractivity contribution in [3.8, 4) is 0 Å². The molecule has 0 bridgehead atoms. The lowest BCUT2D eigenvalue weighted by Gasteiger charge is -2.21. The fourth-order valence-electron chi connectivity index (χ4n) is 2.59. The highest BCUT2D eigenvalue weighted by Gasteiger charge is 2.26. The van der Waals surface area contributed by atoms with Crippen LogP contribution in [0.3, 0.4) is 0 Å². The Morgan fingerprint density at radius 1 is 1.59 bits per heavy atom. The molecule has 1 fully saturated rings. The van der Waals surface area contributed by atoms with Crippen molar-refractivity contribution in [2.45, 2.75) is 32.7 Å². The van der Waals surface area contributed by atoms with E-state index >= 15 is 0 Å². The molecule has 1 atom stereocenters. The SMILES string of the molecule is Cc1cc(C(=O)CN2CCCC2CO)c(C)[nH]1. The summed E-state index contributed by atoms with van der Waals surface area (Å²) >= 11 is 0. The molecule has 0 aliphatic carbocycles. The standard InChI is InChI=1S/C13H20N2O2/c1-9-6-12(10(2)14-9)13(17)7-15-5-3-4-11(15)8-16/h6,11,14,16H,3-5,7-8H2,1-2H3. The van der Waals surface area contributed by atoms with Crippen molar-refractivity contribution in [3.05, 3.63) is 23.0 Å². The van der Waals surface area contributed by atoms with Crippen LogP contribution in [-0.2, 0) is 0 Å². The summed E-state index contributed by atoms with van der Waals surface area (Å²) in [4.78, 5) is 17.4. The molecule has 1 aliphatic heterocycles. The van der Waals surface area contributed by atoms with Gasteiger partial charge < -0.3 is 10.1 Å². The number of Topliss-reactive ketones (excluding diaryl/α,β-unsaturated/α-hetero) is 1. The Kier molecular flexibility index (Phi) is 3.64. The minimum absolute atomic E-state index is 0.146. The fraction of sp³-hybridized carbons (Fsp3) is 0.615. The molecule has 0 aromatic carbocycles. The summed E-state index contributed by atoms with van der Waals surface area (Å²) in [7, 11) is 0. The first-order valence-corrected chi connectivity index (χ1v) is 6.16. The minimum Gasteiger partial charge on any atom is -0.395 e. The van der Waals surface area contributed by atoms with Crippen LogP contribution in [0.25, 0.3) is 0 Å². The van der Waals surface area contributed by atoms with Gasteiger partial charge in [-0.15, -0.1) is 0 Å². The van der Waals surface area contributed by atoms with Gasteiger partial charge in [0, 0.05) is 23.0 Å². The van der Waals surface area contributed by atoms with Crippen molar-refractivity contribution < 1.29 is 9.90 Å². The molecule has 1 aliphatic rings. The first-order chi connectivity index (χ1) is 8.11. The van der Waals surface area contributed by atoms with Gasteiger partial charge in [0.15, 0.2) is 5.78 Å². The number of aliphatic hydroxyl groups excluding tert-OH is 1. The molecular weight excluding hydrogens is 216 g/mol. The molecule has 4 heteroatoms. The van der Waals surface area contributed by atoms with Crippen LogP contribution in [-0.4, -0.2) is 46.5 Å². The molecule has 1 aromatic heterocycles. The van der Waals surface area contributed by atoms with Crippen LogP contribution in [0.5, 0.6) is 0 Å². The van der Waals surface area contributed by atoms with Crippen LogP contribution in [0, 0.1) is 13.8 Å². The van der Waals surface area contributed by atoms with E-state index in [1.165, 1.54) is 0 Å². The molecule has 17 heavy (non-hydrogen) atoms. The van der Waals surface area contributed by atoms with Crippen LogP contribution in [0.1, 0.15) is 34.6 Å². The number of ketones is 1. The van der Waals surface area contributed by atoms with E-state index < -0.39 is 0 Å². The Labute approximate surface area is 102 Å². The highest BCUT2D eigenvalue weighted by atomic mass is 16.3. The maximum Gasteiger partial charge on any atom is 0.178 e. The zero-order valence-corrected chi connectivity index (χ0v) is 10.5. The fourth-order valence-corrected chi connectivity index (χ4v) is 2.59. The average Bonchev–Trinajstić information content (AvgIpc) is 2.84. The molecule has 0 amide bonds. The number of nitrogens with zero attached hydrogens (tertiary/aromatic N) is 1. The number of nitrogens with one attached hydrogen (secondary N) is 1. The Morgan fingerprint density at radius 3 is 2.94 bits per heavy atom. The van der Waals surface area contributed by atoms with Crippen LogP contribution in [0.15, 0.2) is 6.07 Å². The van der Waals surface area contributed by atoms with Crippen LogP contribution in [0.4, 0.5) is 0 Å². The average molecular weight is 236 g/mol. The van der Waals surface area contributed by atoms with Crippen LogP contribution >= 0.6 is 0 Å².